The van der Waals surface area contributed by atoms with Crippen molar-refractivity contribution in [3.05, 3.63) is 39.7 Å². The molecule has 7 heteroatoms. The highest BCUT2D eigenvalue weighted by Gasteiger charge is 2.13. The Morgan fingerprint density at radius 2 is 2.24 bits per heavy atom. The molecule has 17 heavy (non-hydrogen) atoms. The summed E-state index contributed by atoms with van der Waals surface area (Å²) < 4.78 is 13.2. The predicted molar refractivity (Wildman–Crippen MR) is 57.9 cm³/mol. The Morgan fingerprint density at radius 3 is 2.76 bits per heavy atom. The molecule has 0 spiro atoms. The third kappa shape index (κ3) is 4.06. The van der Waals surface area contributed by atoms with Gasteiger partial charge in [-0.3, -0.25) is 10.1 Å². The zero-order valence-electron chi connectivity index (χ0n) is 8.97. The van der Waals surface area contributed by atoms with Gasteiger partial charge in [-0.25, -0.2) is 0 Å². The van der Waals surface area contributed by atoms with Crippen molar-refractivity contribution in [2.75, 3.05) is 13.2 Å². The zero-order valence-corrected chi connectivity index (χ0v) is 8.97. The molecule has 0 aliphatic rings. The minimum absolute atomic E-state index is 0.162. The van der Waals surface area contributed by atoms with Gasteiger partial charge in [-0.2, -0.15) is 4.39 Å². The molecule has 94 valence electrons. The number of rotatable bonds is 6. The molecule has 1 aromatic carbocycles. The lowest BCUT2D eigenvalue weighted by atomic mass is 10.2. The van der Waals surface area contributed by atoms with E-state index in [0.717, 1.165) is 12.1 Å². The van der Waals surface area contributed by atoms with E-state index in [1.54, 1.807) is 0 Å². The van der Waals surface area contributed by atoms with Gasteiger partial charge in [0, 0.05) is 19.2 Å². The van der Waals surface area contributed by atoms with Crippen molar-refractivity contribution in [3.8, 4) is 0 Å². The van der Waals surface area contributed by atoms with E-state index in [4.69, 9.17) is 10.2 Å². The van der Waals surface area contributed by atoms with Crippen LogP contribution in [-0.2, 0) is 6.54 Å². The van der Waals surface area contributed by atoms with E-state index in [9.17, 15) is 14.5 Å². The summed E-state index contributed by atoms with van der Waals surface area (Å²) >= 11 is 0. The first-order chi connectivity index (χ1) is 8.04. The molecular weight excluding hydrogens is 231 g/mol. The normalized spacial score (nSPS) is 12.4. The van der Waals surface area contributed by atoms with Gasteiger partial charge in [-0.15, -0.1) is 0 Å². The number of aliphatic hydroxyl groups excluding tert-OH is 2. The van der Waals surface area contributed by atoms with Crippen LogP contribution in [0.25, 0.3) is 0 Å². The van der Waals surface area contributed by atoms with Gasteiger partial charge in [0.1, 0.15) is 0 Å². The second-order valence-corrected chi connectivity index (χ2v) is 3.51. The monoisotopic (exact) mass is 244 g/mol. The van der Waals surface area contributed by atoms with Crippen LogP contribution in [0.2, 0.25) is 0 Å². The fourth-order valence-electron chi connectivity index (χ4n) is 1.26. The molecule has 1 unspecified atom stereocenters. The molecule has 0 aliphatic carbocycles. The third-order valence-corrected chi connectivity index (χ3v) is 2.13. The Bertz CT molecular complexity index is 400. The first kappa shape index (κ1) is 13.5. The van der Waals surface area contributed by atoms with Crippen LogP contribution in [0, 0.1) is 15.9 Å². The minimum atomic E-state index is -0.892. The van der Waals surface area contributed by atoms with E-state index < -0.39 is 22.5 Å². The number of nitrogens with one attached hydrogen (secondary N) is 1. The summed E-state index contributed by atoms with van der Waals surface area (Å²) in [5.74, 6) is -0.892. The second-order valence-electron chi connectivity index (χ2n) is 3.51. The van der Waals surface area contributed by atoms with Crippen molar-refractivity contribution in [1.82, 2.24) is 5.32 Å². The maximum absolute atomic E-state index is 13.2. The molecule has 0 saturated carbocycles. The lowest BCUT2D eigenvalue weighted by molar-refractivity contribution is -0.387. The van der Waals surface area contributed by atoms with Crippen LogP contribution in [0.15, 0.2) is 18.2 Å². The summed E-state index contributed by atoms with van der Waals surface area (Å²) in [6.45, 7) is 0.0582. The average molecular weight is 244 g/mol. The van der Waals surface area contributed by atoms with Crippen molar-refractivity contribution in [2.45, 2.75) is 12.6 Å². The Labute approximate surface area is 96.8 Å². The van der Waals surface area contributed by atoms with E-state index in [1.165, 1.54) is 6.07 Å². The van der Waals surface area contributed by atoms with E-state index in [0.29, 0.717) is 5.56 Å². The number of nitro benzene ring substituents is 1. The number of halogens is 1. The second kappa shape index (κ2) is 6.24. The van der Waals surface area contributed by atoms with Crippen molar-refractivity contribution in [1.29, 1.82) is 0 Å². The highest BCUT2D eigenvalue weighted by Crippen LogP contribution is 2.17. The number of aliphatic hydroxyl groups is 2. The number of hydrogen-bond acceptors (Lipinski definition) is 5. The van der Waals surface area contributed by atoms with Crippen LogP contribution in [0.1, 0.15) is 5.56 Å². The molecule has 0 heterocycles. The smallest absolute Gasteiger partial charge is 0.304 e. The highest BCUT2D eigenvalue weighted by molar-refractivity contribution is 5.34. The van der Waals surface area contributed by atoms with E-state index in [2.05, 4.69) is 5.32 Å². The van der Waals surface area contributed by atoms with Gasteiger partial charge in [0.25, 0.3) is 0 Å². The number of benzene rings is 1. The van der Waals surface area contributed by atoms with Gasteiger partial charge >= 0.3 is 5.69 Å². The molecule has 0 saturated heterocycles. The maximum Gasteiger partial charge on any atom is 0.304 e. The number of nitrogens with zero attached hydrogens (tertiary/aromatic N) is 1. The Morgan fingerprint density at radius 1 is 1.53 bits per heavy atom. The van der Waals surface area contributed by atoms with Gasteiger partial charge in [-0.1, -0.05) is 6.07 Å². The van der Waals surface area contributed by atoms with Gasteiger partial charge in [0.2, 0.25) is 5.82 Å². The number of nitro groups is 1. The van der Waals surface area contributed by atoms with Crippen molar-refractivity contribution in [3.63, 3.8) is 0 Å². The Balaban J connectivity index is 2.56. The fourth-order valence-corrected chi connectivity index (χ4v) is 1.26. The van der Waals surface area contributed by atoms with Crippen LogP contribution in [0.3, 0.4) is 0 Å². The van der Waals surface area contributed by atoms with Crippen LogP contribution >= 0.6 is 0 Å². The zero-order chi connectivity index (χ0) is 12.8. The number of hydrogen-bond donors (Lipinski definition) is 3. The summed E-state index contributed by atoms with van der Waals surface area (Å²) in [5, 5.41) is 30.7. The highest BCUT2D eigenvalue weighted by atomic mass is 19.1. The first-order valence-corrected chi connectivity index (χ1v) is 4.97. The largest absolute Gasteiger partial charge is 0.394 e. The van der Waals surface area contributed by atoms with Crippen LogP contribution in [-0.4, -0.2) is 34.4 Å². The van der Waals surface area contributed by atoms with E-state index in [-0.39, 0.29) is 19.7 Å². The van der Waals surface area contributed by atoms with E-state index >= 15 is 0 Å². The summed E-state index contributed by atoms with van der Waals surface area (Å²) in [7, 11) is 0. The summed E-state index contributed by atoms with van der Waals surface area (Å²) in [6, 6.07) is 3.59. The molecule has 0 aliphatic heterocycles. The van der Waals surface area contributed by atoms with E-state index in [1.807, 2.05) is 0 Å². The van der Waals surface area contributed by atoms with Gasteiger partial charge in [0.05, 0.1) is 17.6 Å². The average Bonchev–Trinajstić information content (AvgIpc) is 2.28. The molecule has 0 radical (unpaired) electrons. The fraction of sp³-hybridized carbons (Fsp3) is 0.400. The SMILES string of the molecule is O=[N+]([O-])c1ccc(CNCC(O)CO)cc1F. The quantitative estimate of drug-likeness (QED) is 0.490. The molecule has 0 amide bonds. The Hall–Kier alpha value is -1.57. The lowest BCUT2D eigenvalue weighted by Crippen LogP contribution is -2.28. The van der Waals surface area contributed by atoms with Crippen molar-refractivity contribution >= 4 is 5.69 Å². The van der Waals surface area contributed by atoms with Gasteiger partial charge < -0.3 is 15.5 Å². The van der Waals surface area contributed by atoms with Crippen LogP contribution in [0.4, 0.5) is 10.1 Å². The maximum atomic E-state index is 13.2. The van der Waals surface area contributed by atoms with Gasteiger partial charge in [-0.05, 0) is 11.6 Å². The molecule has 1 rings (SSSR count). The molecule has 1 aromatic rings. The minimum Gasteiger partial charge on any atom is -0.394 e. The molecular formula is C10H13FN2O4. The Kier molecular flexibility index (Phi) is 4.95. The van der Waals surface area contributed by atoms with Crippen molar-refractivity contribution in [2.24, 2.45) is 0 Å². The summed E-state index contributed by atoms with van der Waals surface area (Å²) in [6.07, 6.45) is -0.877. The molecule has 0 bridgehead atoms. The first-order valence-electron chi connectivity index (χ1n) is 4.97. The predicted octanol–water partition coefficient (Wildman–Crippen LogP) is 0.177. The molecule has 6 nitrogen and oxygen atoms in total. The summed E-state index contributed by atoms with van der Waals surface area (Å²) in [4.78, 5) is 9.57. The standard InChI is InChI=1S/C10H13FN2O4/c11-9-3-7(1-2-10(9)13(16)17)4-12-5-8(15)6-14/h1-3,8,12,14-15H,4-6H2. The summed E-state index contributed by atoms with van der Waals surface area (Å²) in [5.41, 5.74) is -0.0395. The van der Waals surface area contributed by atoms with Crippen LogP contribution in [0.5, 0.6) is 0 Å². The van der Waals surface area contributed by atoms with Gasteiger partial charge in [0.15, 0.2) is 0 Å². The lowest BCUT2D eigenvalue weighted by Gasteiger charge is -2.08. The van der Waals surface area contributed by atoms with Crippen molar-refractivity contribution < 1.29 is 19.5 Å². The van der Waals surface area contributed by atoms with Crippen LogP contribution < -0.4 is 5.32 Å². The third-order valence-electron chi connectivity index (χ3n) is 2.13. The molecule has 0 aromatic heterocycles. The topological polar surface area (TPSA) is 95.6 Å². The molecule has 3 N–H and O–H groups in total. The molecule has 1 atom stereocenters. The molecule has 0 fully saturated rings.